The van der Waals surface area contributed by atoms with Gasteiger partial charge in [-0.05, 0) is 87.9 Å². The fraction of sp³-hybridized carbons (Fsp3) is 0.950. The molecule has 0 aromatic heterocycles. The summed E-state index contributed by atoms with van der Waals surface area (Å²) >= 11 is 0. The molecular weight excluding hydrogens is 334 g/mol. The quantitative estimate of drug-likeness (QED) is 0.481. The number of amides is 1. The lowest BCUT2D eigenvalue weighted by atomic mass is 9.48. The Morgan fingerprint density at radius 2 is 1.79 bits per heavy atom. The smallest absolute Gasteiger partial charge is 0.220 e. The summed E-state index contributed by atoms with van der Waals surface area (Å²) in [7, 11) is 4.08. The van der Waals surface area contributed by atoms with Crippen molar-refractivity contribution < 1.29 is 4.79 Å². The fourth-order valence-corrected chi connectivity index (χ4v) is 9.42. The molecule has 1 heterocycles. The summed E-state index contributed by atoms with van der Waals surface area (Å²) in [5.74, 6) is 4.54. The number of rotatable bonds is 7. The van der Waals surface area contributed by atoms with Gasteiger partial charge in [-0.1, -0.05) is 28.0 Å². The molecule has 2 atom stereocenters. The maximum Gasteiger partial charge on any atom is 0.220 e. The number of carbonyl (C=O) groups excluding carboxylic acids is 1. The number of carbonyl (C=O) groups is 1. The van der Waals surface area contributed by atoms with E-state index in [-0.39, 0.29) is 0 Å². The van der Waals surface area contributed by atoms with Crippen LogP contribution in [-0.4, -0.2) is 23.0 Å². The van der Waals surface area contributed by atoms with E-state index >= 15 is 0 Å². The van der Waals surface area contributed by atoms with Gasteiger partial charge in [0.25, 0.3) is 0 Å². The molecule has 0 aromatic rings. The Labute approximate surface area is 155 Å². The standard InChI is InChI=1S/C20H33NOS2/c1-14(20-11-15-8-16(12-20)10-17(9-15)13-20)21-19(22)5-3-2-4-18-6-7-23-24-18/h14-18H,2-13H2,1H3,(H,21,22)/t14?,15?,16?,17?,18-,20?/m0/s1. The third kappa shape index (κ3) is 3.79. The van der Waals surface area contributed by atoms with Crippen LogP contribution < -0.4 is 5.32 Å². The van der Waals surface area contributed by atoms with Gasteiger partial charge in [0, 0.05) is 23.5 Å². The Morgan fingerprint density at radius 1 is 1.12 bits per heavy atom. The molecular formula is C20H33NOS2. The van der Waals surface area contributed by atoms with E-state index in [9.17, 15) is 4.79 Å². The summed E-state index contributed by atoms with van der Waals surface area (Å²) in [5.41, 5.74) is 0.447. The zero-order chi connectivity index (χ0) is 16.6. The van der Waals surface area contributed by atoms with Gasteiger partial charge in [-0.25, -0.2) is 0 Å². The van der Waals surface area contributed by atoms with E-state index in [0.29, 0.717) is 17.4 Å². The van der Waals surface area contributed by atoms with Crippen LogP contribution in [0, 0.1) is 23.2 Å². The van der Waals surface area contributed by atoms with Crippen LogP contribution in [0.4, 0.5) is 0 Å². The Bertz CT molecular complexity index is 425. The minimum atomic E-state index is 0.312. The van der Waals surface area contributed by atoms with Gasteiger partial charge < -0.3 is 5.32 Å². The summed E-state index contributed by atoms with van der Waals surface area (Å²) in [6.45, 7) is 2.30. The highest BCUT2D eigenvalue weighted by Crippen LogP contribution is 2.61. The normalized spacial score (nSPS) is 41.5. The predicted molar refractivity (Wildman–Crippen MR) is 105 cm³/mol. The van der Waals surface area contributed by atoms with Crippen LogP contribution in [0.25, 0.3) is 0 Å². The first kappa shape index (κ1) is 17.6. The molecule has 136 valence electrons. The van der Waals surface area contributed by atoms with Gasteiger partial charge in [0.2, 0.25) is 5.91 Å². The van der Waals surface area contributed by atoms with Crippen molar-refractivity contribution in [2.75, 3.05) is 5.75 Å². The van der Waals surface area contributed by atoms with E-state index in [0.717, 1.165) is 35.8 Å². The van der Waals surface area contributed by atoms with Crippen molar-refractivity contribution in [2.45, 2.75) is 88.8 Å². The van der Waals surface area contributed by atoms with Crippen LogP contribution in [0.2, 0.25) is 0 Å². The summed E-state index contributed by atoms with van der Waals surface area (Å²) < 4.78 is 0. The molecule has 1 N–H and O–H groups in total. The highest BCUT2D eigenvalue weighted by molar-refractivity contribution is 8.77. The highest BCUT2D eigenvalue weighted by Gasteiger charge is 2.53. The zero-order valence-electron chi connectivity index (χ0n) is 15.1. The van der Waals surface area contributed by atoms with Crippen molar-refractivity contribution in [1.29, 1.82) is 0 Å². The first-order chi connectivity index (χ1) is 11.6. The van der Waals surface area contributed by atoms with Crippen molar-refractivity contribution in [3.8, 4) is 0 Å². The van der Waals surface area contributed by atoms with Crippen LogP contribution in [0.3, 0.4) is 0 Å². The van der Waals surface area contributed by atoms with Crippen molar-refractivity contribution in [2.24, 2.45) is 23.2 Å². The molecule has 24 heavy (non-hydrogen) atoms. The SMILES string of the molecule is CC(NC(=O)CCCC[C@H]1CCSS1)C12CC3CC(CC(C3)C1)C2. The molecule has 4 bridgehead atoms. The van der Waals surface area contributed by atoms with E-state index in [2.05, 4.69) is 23.0 Å². The Morgan fingerprint density at radius 3 is 2.38 bits per heavy atom. The van der Waals surface area contributed by atoms with E-state index in [4.69, 9.17) is 0 Å². The molecule has 1 amide bonds. The van der Waals surface area contributed by atoms with Gasteiger partial charge in [-0.2, -0.15) is 0 Å². The average Bonchev–Trinajstić information content (AvgIpc) is 3.03. The zero-order valence-corrected chi connectivity index (χ0v) is 16.7. The van der Waals surface area contributed by atoms with Crippen molar-refractivity contribution in [3.05, 3.63) is 0 Å². The highest BCUT2D eigenvalue weighted by atomic mass is 33.1. The molecule has 4 heteroatoms. The van der Waals surface area contributed by atoms with Gasteiger partial charge >= 0.3 is 0 Å². The lowest BCUT2D eigenvalue weighted by Crippen LogP contribution is -2.55. The number of unbranched alkanes of at least 4 members (excludes halogenated alkanes) is 1. The second kappa shape index (κ2) is 7.42. The lowest BCUT2D eigenvalue weighted by molar-refractivity contribution is -0.126. The van der Waals surface area contributed by atoms with E-state index < -0.39 is 0 Å². The van der Waals surface area contributed by atoms with Crippen LogP contribution in [0.5, 0.6) is 0 Å². The molecule has 1 aliphatic heterocycles. The minimum Gasteiger partial charge on any atom is -0.353 e. The third-order valence-electron chi connectivity index (χ3n) is 7.29. The first-order valence-electron chi connectivity index (χ1n) is 10.2. The number of hydrogen-bond acceptors (Lipinski definition) is 3. The summed E-state index contributed by atoms with van der Waals surface area (Å²) in [6, 6.07) is 0.389. The van der Waals surface area contributed by atoms with Gasteiger partial charge in [0.05, 0.1) is 0 Å². The Kier molecular flexibility index (Phi) is 5.44. The van der Waals surface area contributed by atoms with Gasteiger partial charge in [0.15, 0.2) is 0 Å². The molecule has 0 spiro atoms. The summed E-state index contributed by atoms with van der Waals surface area (Å²) in [4.78, 5) is 12.4. The molecule has 2 nitrogen and oxygen atoms in total. The van der Waals surface area contributed by atoms with Gasteiger partial charge in [-0.15, -0.1) is 0 Å². The van der Waals surface area contributed by atoms with E-state index in [1.807, 2.05) is 10.8 Å². The molecule has 5 aliphatic rings. The summed E-state index contributed by atoms with van der Waals surface area (Å²) in [6.07, 6.45) is 14.3. The van der Waals surface area contributed by atoms with Crippen LogP contribution >= 0.6 is 21.6 Å². The van der Waals surface area contributed by atoms with Crippen LogP contribution in [0.15, 0.2) is 0 Å². The number of nitrogens with one attached hydrogen (secondary N) is 1. The second-order valence-corrected chi connectivity index (χ2v) is 11.9. The van der Waals surface area contributed by atoms with E-state index in [1.165, 1.54) is 63.5 Å². The molecule has 0 radical (unpaired) electrons. The number of hydrogen-bond donors (Lipinski definition) is 1. The largest absolute Gasteiger partial charge is 0.353 e. The Hall–Kier alpha value is 0.170. The van der Waals surface area contributed by atoms with Crippen molar-refractivity contribution >= 4 is 27.5 Å². The summed E-state index contributed by atoms with van der Waals surface area (Å²) in [5, 5.41) is 4.27. The monoisotopic (exact) mass is 367 g/mol. The molecule has 0 aromatic carbocycles. The maximum atomic E-state index is 12.4. The molecule has 5 fully saturated rings. The lowest BCUT2D eigenvalue weighted by Gasteiger charge is -2.59. The topological polar surface area (TPSA) is 29.1 Å². The average molecular weight is 368 g/mol. The minimum absolute atomic E-state index is 0.312. The molecule has 1 unspecified atom stereocenters. The fourth-order valence-electron chi connectivity index (χ4n) is 6.40. The molecule has 4 aliphatic carbocycles. The van der Waals surface area contributed by atoms with Gasteiger partial charge in [0.1, 0.15) is 0 Å². The van der Waals surface area contributed by atoms with Crippen molar-refractivity contribution in [3.63, 3.8) is 0 Å². The maximum absolute atomic E-state index is 12.4. The Balaban J connectivity index is 1.21. The first-order valence-corrected chi connectivity index (χ1v) is 12.6. The van der Waals surface area contributed by atoms with Crippen LogP contribution in [-0.2, 0) is 4.79 Å². The van der Waals surface area contributed by atoms with Gasteiger partial charge in [-0.3, -0.25) is 4.79 Å². The van der Waals surface area contributed by atoms with Crippen molar-refractivity contribution in [1.82, 2.24) is 5.32 Å². The molecule has 4 saturated carbocycles. The molecule has 5 rings (SSSR count). The third-order valence-corrected chi connectivity index (χ3v) is 10.3. The predicted octanol–water partition coefficient (Wildman–Crippen LogP) is 5.42. The van der Waals surface area contributed by atoms with E-state index in [1.54, 1.807) is 0 Å². The van der Waals surface area contributed by atoms with Crippen LogP contribution in [0.1, 0.15) is 77.6 Å². The molecule has 1 saturated heterocycles. The second-order valence-electron chi connectivity index (χ2n) is 9.14.